The van der Waals surface area contributed by atoms with Gasteiger partial charge in [0.05, 0.1) is 18.8 Å². The van der Waals surface area contributed by atoms with E-state index >= 15 is 0 Å². The van der Waals surface area contributed by atoms with E-state index < -0.39 is 0 Å². The van der Waals surface area contributed by atoms with E-state index in [2.05, 4.69) is 0 Å². The van der Waals surface area contributed by atoms with Crippen LogP contribution in [0.4, 0.5) is 0 Å². The van der Waals surface area contributed by atoms with Gasteiger partial charge < -0.3 is 19.9 Å². The van der Waals surface area contributed by atoms with Crippen molar-refractivity contribution in [2.75, 3.05) is 20.3 Å². The van der Waals surface area contributed by atoms with Gasteiger partial charge in [0.1, 0.15) is 0 Å². The third-order valence-electron chi connectivity index (χ3n) is 3.46. The minimum atomic E-state index is -0.233. The van der Waals surface area contributed by atoms with Crippen LogP contribution < -0.4 is 15.2 Å². The van der Waals surface area contributed by atoms with Crippen LogP contribution in [0.25, 0.3) is 0 Å². The molecule has 4 heteroatoms. The van der Waals surface area contributed by atoms with Gasteiger partial charge in [-0.2, -0.15) is 0 Å². The highest BCUT2D eigenvalue weighted by Crippen LogP contribution is 2.33. The zero-order valence-corrected chi connectivity index (χ0v) is 11.9. The molecular weight excluding hydrogens is 242 g/mol. The van der Waals surface area contributed by atoms with Crippen LogP contribution in [0, 0.1) is 0 Å². The molecule has 0 amide bonds. The third kappa shape index (κ3) is 3.61. The molecule has 2 rings (SSSR count). The molecule has 1 atom stereocenters. The fourth-order valence-corrected chi connectivity index (χ4v) is 2.14. The second-order valence-electron chi connectivity index (χ2n) is 5.53. The number of nitrogens with two attached hydrogens (primary N) is 1. The van der Waals surface area contributed by atoms with Gasteiger partial charge in [-0.3, -0.25) is 0 Å². The normalized spacial score (nSPS) is 16.8. The smallest absolute Gasteiger partial charge is 0.161 e. The fraction of sp³-hybridized carbons (Fsp3) is 0.600. The first-order valence-electron chi connectivity index (χ1n) is 6.72. The molecule has 1 aromatic rings. The largest absolute Gasteiger partial charge is 0.490 e. The topological polar surface area (TPSA) is 53.7 Å². The molecule has 19 heavy (non-hydrogen) atoms. The summed E-state index contributed by atoms with van der Waals surface area (Å²) in [6.45, 7) is 5.47. The first-order chi connectivity index (χ1) is 9.02. The number of rotatable bonds is 4. The molecule has 0 bridgehead atoms. The van der Waals surface area contributed by atoms with Crippen molar-refractivity contribution >= 4 is 0 Å². The molecule has 0 aliphatic carbocycles. The van der Waals surface area contributed by atoms with E-state index in [9.17, 15) is 0 Å². The van der Waals surface area contributed by atoms with Gasteiger partial charge in [-0.25, -0.2) is 0 Å². The fourth-order valence-electron chi connectivity index (χ4n) is 2.14. The lowest BCUT2D eigenvalue weighted by Crippen LogP contribution is -2.28. The molecule has 0 fully saturated rings. The van der Waals surface area contributed by atoms with Crippen LogP contribution in [0.2, 0.25) is 0 Å². The van der Waals surface area contributed by atoms with Gasteiger partial charge in [-0.15, -0.1) is 0 Å². The third-order valence-corrected chi connectivity index (χ3v) is 3.46. The molecule has 1 unspecified atom stereocenters. The first kappa shape index (κ1) is 14.2. The van der Waals surface area contributed by atoms with E-state index in [1.165, 1.54) is 0 Å². The second-order valence-corrected chi connectivity index (χ2v) is 5.53. The van der Waals surface area contributed by atoms with E-state index in [-0.39, 0.29) is 11.6 Å². The molecule has 0 saturated heterocycles. The lowest BCUT2D eigenvalue weighted by atomic mass is 9.94. The van der Waals surface area contributed by atoms with Crippen molar-refractivity contribution in [1.29, 1.82) is 0 Å². The highest BCUT2D eigenvalue weighted by atomic mass is 16.5. The molecule has 0 spiro atoms. The number of benzene rings is 1. The van der Waals surface area contributed by atoms with Gasteiger partial charge >= 0.3 is 0 Å². The van der Waals surface area contributed by atoms with Crippen molar-refractivity contribution in [1.82, 2.24) is 0 Å². The van der Waals surface area contributed by atoms with Gasteiger partial charge in [0, 0.05) is 19.6 Å². The van der Waals surface area contributed by atoms with Crippen molar-refractivity contribution in [2.24, 2.45) is 5.73 Å². The maximum Gasteiger partial charge on any atom is 0.161 e. The molecule has 1 aromatic carbocycles. The van der Waals surface area contributed by atoms with E-state index in [0.717, 1.165) is 29.9 Å². The first-order valence-corrected chi connectivity index (χ1v) is 6.72. The maximum atomic E-state index is 6.25. The minimum absolute atomic E-state index is 0.0768. The van der Waals surface area contributed by atoms with E-state index in [0.29, 0.717) is 13.2 Å². The highest BCUT2D eigenvalue weighted by Gasteiger charge is 2.22. The molecular formula is C15H23NO3. The SMILES string of the molecule is COC(C)(C)CC(N)c1ccc2c(c1)OCCCO2. The number of fused-ring (bicyclic) bond motifs is 1. The lowest BCUT2D eigenvalue weighted by Gasteiger charge is -2.27. The predicted octanol–water partition coefficient (Wildman–Crippen LogP) is 2.66. The number of ether oxygens (including phenoxy) is 3. The summed E-state index contributed by atoms with van der Waals surface area (Å²) >= 11 is 0. The Morgan fingerprint density at radius 3 is 2.63 bits per heavy atom. The summed E-state index contributed by atoms with van der Waals surface area (Å²) in [7, 11) is 1.71. The van der Waals surface area contributed by atoms with Gasteiger partial charge in [-0.05, 0) is 38.0 Å². The van der Waals surface area contributed by atoms with Crippen LogP contribution in [-0.2, 0) is 4.74 Å². The second kappa shape index (κ2) is 5.80. The highest BCUT2D eigenvalue weighted by molar-refractivity contribution is 5.44. The number of methoxy groups -OCH3 is 1. The molecule has 0 radical (unpaired) electrons. The zero-order valence-electron chi connectivity index (χ0n) is 11.9. The molecule has 1 aliphatic heterocycles. The summed E-state index contributed by atoms with van der Waals surface area (Å²) in [6.07, 6.45) is 1.66. The van der Waals surface area contributed by atoms with Crippen molar-refractivity contribution < 1.29 is 14.2 Å². The van der Waals surface area contributed by atoms with Crippen LogP contribution in [-0.4, -0.2) is 25.9 Å². The van der Waals surface area contributed by atoms with Crippen LogP contribution in [0.3, 0.4) is 0 Å². The Morgan fingerprint density at radius 1 is 1.26 bits per heavy atom. The van der Waals surface area contributed by atoms with E-state index in [4.69, 9.17) is 19.9 Å². The van der Waals surface area contributed by atoms with Gasteiger partial charge in [0.2, 0.25) is 0 Å². The molecule has 2 N–H and O–H groups in total. The van der Waals surface area contributed by atoms with E-state index in [1.54, 1.807) is 7.11 Å². The Balaban J connectivity index is 2.14. The summed E-state index contributed by atoms with van der Waals surface area (Å²) in [5, 5.41) is 0. The Hall–Kier alpha value is -1.26. The summed E-state index contributed by atoms with van der Waals surface area (Å²) in [6, 6.07) is 5.85. The van der Waals surface area contributed by atoms with Crippen molar-refractivity contribution in [3.05, 3.63) is 23.8 Å². The Kier molecular flexibility index (Phi) is 4.32. The van der Waals surface area contributed by atoms with Gasteiger partial charge in [0.15, 0.2) is 11.5 Å². The quantitative estimate of drug-likeness (QED) is 0.909. The molecule has 1 heterocycles. The van der Waals surface area contributed by atoms with Crippen molar-refractivity contribution in [3.8, 4) is 11.5 Å². The van der Waals surface area contributed by atoms with E-state index in [1.807, 2.05) is 32.0 Å². The van der Waals surface area contributed by atoms with Crippen LogP contribution in [0.5, 0.6) is 11.5 Å². The predicted molar refractivity (Wildman–Crippen MR) is 74.7 cm³/mol. The van der Waals surface area contributed by atoms with Gasteiger partial charge in [-0.1, -0.05) is 6.07 Å². The number of hydrogen-bond acceptors (Lipinski definition) is 4. The standard InChI is InChI=1S/C15H23NO3/c1-15(2,17-3)10-12(16)11-5-6-13-14(9-11)19-8-4-7-18-13/h5-6,9,12H,4,7-8,10,16H2,1-3H3. The van der Waals surface area contributed by atoms with Crippen LogP contribution in [0.15, 0.2) is 18.2 Å². The molecule has 106 valence electrons. The molecule has 1 aliphatic rings. The van der Waals surface area contributed by atoms with Gasteiger partial charge in [0.25, 0.3) is 0 Å². The maximum absolute atomic E-state index is 6.25. The summed E-state index contributed by atoms with van der Waals surface area (Å²) in [5.41, 5.74) is 7.07. The Morgan fingerprint density at radius 2 is 1.95 bits per heavy atom. The minimum Gasteiger partial charge on any atom is -0.490 e. The zero-order chi connectivity index (χ0) is 13.9. The summed E-state index contributed by atoms with van der Waals surface area (Å²) in [4.78, 5) is 0. The molecule has 0 saturated carbocycles. The lowest BCUT2D eigenvalue weighted by molar-refractivity contribution is 0.00993. The average molecular weight is 265 g/mol. The Bertz CT molecular complexity index is 431. The average Bonchev–Trinajstić information content (AvgIpc) is 2.62. The monoisotopic (exact) mass is 265 g/mol. The number of hydrogen-bond donors (Lipinski definition) is 1. The summed E-state index contributed by atoms with van der Waals surface area (Å²) in [5.74, 6) is 1.60. The Labute approximate surface area is 114 Å². The summed E-state index contributed by atoms with van der Waals surface area (Å²) < 4.78 is 16.7. The van der Waals surface area contributed by atoms with Crippen molar-refractivity contribution in [2.45, 2.75) is 38.3 Å². The van der Waals surface area contributed by atoms with Crippen LogP contribution >= 0.6 is 0 Å². The molecule has 4 nitrogen and oxygen atoms in total. The van der Waals surface area contributed by atoms with Crippen molar-refractivity contribution in [3.63, 3.8) is 0 Å². The molecule has 0 aromatic heterocycles. The van der Waals surface area contributed by atoms with Crippen LogP contribution in [0.1, 0.15) is 38.3 Å².